The van der Waals surface area contributed by atoms with Crippen molar-refractivity contribution in [2.24, 2.45) is 22.1 Å². The minimum Gasteiger partial charge on any atom is -0.198 e. The molecule has 0 spiro atoms. The number of rotatable bonds is 6. The Morgan fingerprint density at radius 2 is 1.12 bits per heavy atom. The topological polar surface area (TPSA) is 72.3 Å². The van der Waals surface area contributed by atoms with Gasteiger partial charge in [-0.3, -0.25) is 0 Å². The zero-order valence-electron chi connectivity index (χ0n) is 10.5. The Morgan fingerprint density at radius 1 is 0.812 bits per heavy atom. The second-order valence-electron chi connectivity index (χ2n) is 4.46. The van der Waals surface area contributed by atoms with Gasteiger partial charge in [0.1, 0.15) is 0 Å². The SMILES string of the molecule is CC(C#N)CC(C)N=NC(C)CC(C)C#N. The van der Waals surface area contributed by atoms with Crippen molar-refractivity contribution < 1.29 is 0 Å². The maximum atomic E-state index is 8.65. The summed E-state index contributed by atoms with van der Waals surface area (Å²) in [7, 11) is 0. The molecule has 0 aliphatic heterocycles. The summed E-state index contributed by atoms with van der Waals surface area (Å²) in [5, 5.41) is 25.6. The molecular formula is C12H20N4. The summed E-state index contributed by atoms with van der Waals surface area (Å²) in [5.41, 5.74) is 0. The number of hydrogen-bond donors (Lipinski definition) is 0. The highest BCUT2D eigenvalue weighted by molar-refractivity contribution is 4.83. The molecule has 0 aliphatic rings. The maximum Gasteiger partial charge on any atom is 0.0692 e. The van der Waals surface area contributed by atoms with Crippen molar-refractivity contribution >= 4 is 0 Å². The first-order valence-electron chi connectivity index (χ1n) is 5.68. The van der Waals surface area contributed by atoms with E-state index in [-0.39, 0.29) is 23.9 Å². The van der Waals surface area contributed by atoms with Crippen LogP contribution in [0.3, 0.4) is 0 Å². The lowest BCUT2D eigenvalue weighted by Crippen LogP contribution is -2.07. The summed E-state index contributed by atoms with van der Waals surface area (Å²) in [6.07, 6.45) is 1.47. The van der Waals surface area contributed by atoms with Crippen molar-refractivity contribution in [2.75, 3.05) is 0 Å². The predicted octanol–water partition coefficient (Wildman–Crippen LogP) is 3.32. The van der Waals surface area contributed by atoms with Crippen LogP contribution in [0, 0.1) is 34.5 Å². The smallest absolute Gasteiger partial charge is 0.0692 e. The Labute approximate surface area is 98.0 Å². The van der Waals surface area contributed by atoms with Gasteiger partial charge in [0.2, 0.25) is 0 Å². The number of azo groups is 1. The molecule has 0 saturated carbocycles. The number of nitrogens with zero attached hydrogens (tertiary/aromatic N) is 4. The van der Waals surface area contributed by atoms with E-state index < -0.39 is 0 Å². The Balaban J connectivity index is 3.99. The fourth-order valence-corrected chi connectivity index (χ4v) is 1.45. The molecular weight excluding hydrogens is 200 g/mol. The molecule has 4 heteroatoms. The molecule has 0 amide bonds. The van der Waals surface area contributed by atoms with E-state index in [1.165, 1.54) is 0 Å². The molecule has 0 heterocycles. The molecule has 0 radical (unpaired) electrons. The molecule has 0 aromatic carbocycles. The number of hydrogen-bond acceptors (Lipinski definition) is 4. The van der Waals surface area contributed by atoms with Gasteiger partial charge in [0.15, 0.2) is 0 Å². The quantitative estimate of drug-likeness (QED) is 0.644. The van der Waals surface area contributed by atoms with E-state index in [4.69, 9.17) is 10.5 Å². The summed E-state index contributed by atoms with van der Waals surface area (Å²) >= 11 is 0. The summed E-state index contributed by atoms with van der Waals surface area (Å²) in [4.78, 5) is 0. The summed E-state index contributed by atoms with van der Waals surface area (Å²) in [6.45, 7) is 7.68. The molecule has 0 aliphatic carbocycles. The van der Waals surface area contributed by atoms with Gasteiger partial charge in [0.05, 0.1) is 24.2 Å². The zero-order chi connectivity index (χ0) is 12.6. The monoisotopic (exact) mass is 220 g/mol. The lowest BCUT2D eigenvalue weighted by Gasteiger charge is -2.09. The van der Waals surface area contributed by atoms with Gasteiger partial charge in [-0.2, -0.15) is 20.8 Å². The Bertz CT molecular complexity index is 267. The Kier molecular flexibility index (Phi) is 7.12. The zero-order valence-corrected chi connectivity index (χ0v) is 10.5. The van der Waals surface area contributed by atoms with Crippen LogP contribution in [0.1, 0.15) is 40.5 Å². The highest BCUT2D eigenvalue weighted by atomic mass is 15.1. The lowest BCUT2D eigenvalue weighted by molar-refractivity contribution is 0.503. The van der Waals surface area contributed by atoms with Gasteiger partial charge >= 0.3 is 0 Å². The van der Waals surface area contributed by atoms with Gasteiger partial charge in [0, 0.05) is 11.8 Å². The second kappa shape index (κ2) is 7.82. The highest BCUT2D eigenvalue weighted by Gasteiger charge is 2.09. The third-order valence-electron chi connectivity index (χ3n) is 2.29. The van der Waals surface area contributed by atoms with Crippen LogP contribution in [0.15, 0.2) is 10.2 Å². The average Bonchev–Trinajstić information content (AvgIpc) is 2.26. The molecule has 16 heavy (non-hydrogen) atoms. The van der Waals surface area contributed by atoms with E-state index >= 15 is 0 Å². The predicted molar refractivity (Wildman–Crippen MR) is 62.6 cm³/mol. The van der Waals surface area contributed by atoms with Crippen LogP contribution in [0.4, 0.5) is 0 Å². The summed E-state index contributed by atoms with van der Waals surface area (Å²) in [6, 6.07) is 4.52. The van der Waals surface area contributed by atoms with E-state index in [0.29, 0.717) is 0 Å². The van der Waals surface area contributed by atoms with Crippen LogP contribution < -0.4 is 0 Å². The van der Waals surface area contributed by atoms with Crippen molar-refractivity contribution in [1.82, 2.24) is 0 Å². The van der Waals surface area contributed by atoms with Crippen LogP contribution in [-0.4, -0.2) is 12.1 Å². The molecule has 0 bridgehead atoms. The van der Waals surface area contributed by atoms with Gasteiger partial charge in [-0.25, -0.2) is 0 Å². The molecule has 0 aromatic rings. The van der Waals surface area contributed by atoms with Crippen molar-refractivity contribution in [2.45, 2.75) is 52.6 Å². The van der Waals surface area contributed by atoms with E-state index in [1.807, 2.05) is 27.7 Å². The normalized spacial score (nSPS) is 18.4. The van der Waals surface area contributed by atoms with E-state index in [1.54, 1.807) is 0 Å². The van der Waals surface area contributed by atoms with Gasteiger partial charge in [0.25, 0.3) is 0 Å². The van der Waals surface area contributed by atoms with E-state index in [0.717, 1.165) is 12.8 Å². The van der Waals surface area contributed by atoms with Gasteiger partial charge in [-0.05, 0) is 40.5 Å². The third kappa shape index (κ3) is 6.95. The first-order chi connectivity index (χ1) is 7.49. The summed E-state index contributed by atoms with van der Waals surface area (Å²) < 4.78 is 0. The molecule has 88 valence electrons. The van der Waals surface area contributed by atoms with Gasteiger partial charge in [-0.1, -0.05) is 0 Å². The van der Waals surface area contributed by atoms with Crippen molar-refractivity contribution in [3.05, 3.63) is 0 Å². The Hall–Kier alpha value is -1.42. The van der Waals surface area contributed by atoms with Crippen molar-refractivity contribution in [3.8, 4) is 12.1 Å². The van der Waals surface area contributed by atoms with Crippen LogP contribution in [-0.2, 0) is 0 Å². The maximum absolute atomic E-state index is 8.65. The van der Waals surface area contributed by atoms with Gasteiger partial charge < -0.3 is 0 Å². The standard InChI is InChI=1S/C12H20N4/c1-9(7-13)5-11(3)15-16-12(4)6-10(2)8-14/h9-12H,5-6H2,1-4H3. The first kappa shape index (κ1) is 14.6. The molecule has 0 rings (SSSR count). The minimum atomic E-state index is 0.0160. The molecule has 4 atom stereocenters. The average molecular weight is 220 g/mol. The van der Waals surface area contributed by atoms with Crippen molar-refractivity contribution in [3.63, 3.8) is 0 Å². The van der Waals surface area contributed by atoms with E-state index in [2.05, 4.69) is 22.4 Å². The summed E-state index contributed by atoms with van der Waals surface area (Å²) in [5.74, 6) is 0.0320. The fraction of sp³-hybridized carbons (Fsp3) is 0.833. The van der Waals surface area contributed by atoms with Crippen LogP contribution >= 0.6 is 0 Å². The first-order valence-corrected chi connectivity index (χ1v) is 5.68. The third-order valence-corrected chi connectivity index (χ3v) is 2.29. The number of nitriles is 2. The molecule has 0 N–H and O–H groups in total. The Morgan fingerprint density at radius 3 is 1.38 bits per heavy atom. The largest absolute Gasteiger partial charge is 0.198 e. The van der Waals surface area contributed by atoms with Crippen LogP contribution in [0.2, 0.25) is 0 Å². The molecule has 0 aromatic heterocycles. The van der Waals surface area contributed by atoms with Crippen LogP contribution in [0.25, 0.3) is 0 Å². The van der Waals surface area contributed by atoms with Crippen LogP contribution in [0.5, 0.6) is 0 Å². The van der Waals surface area contributed by atoms with Gasteiger partial charge in [-0.15, -0.1) is 0 Å². The minimum absolute atomic E-state index is 0.0160. The molecule has 0 saturated heterocycles. The lowest BCUT2D eigenvalue weighted by atomic mass is 10.1. The highest BCUT2D eigenvalue weighted by Crippen LogP contribution is 2.11. The second-order valence-corrected chi connectivity index (χ2v) is 4.46. The molecule has 4 nitrogen and oxygen atoms in total. The van der Waals surface area contributed by atoms with E-state index in [9.17, 15) is 0 Å². The van der Waals surface area contributed by atoms with Crippen molar-refractivity contribution in [1.29, 1.82) is 10.5 Å². The fourth-order valence-electron chi connectivity index (χ4n) is 1.45. The molecule has 4 unspecified atom stereocenters. The molecule has 0 fully saturated rings.